The monoisotopic (exact) mass is 222 g/mol. The van der Waals surface area contributed by atoms with Crippen molar-refractivity contribution >= 4 is 5.91 Å². The van der Waals surface area contributed by atoms with Gasteiger partial charge in [0.15, 0.2) is 0 Å². The number of carbonyl (C=O) groups excluding carboxylic acids is 1. The molecule has 16 heavy (non-hydrogen) atoms. The fourth-order valence-corrected chi connectivity index (χ4v) is 1.99. The van der Waals surface area contributed by atoms with E-state index in [-0.39, 0.29) is 5.91 Å². The van der Waals surface area contributed by atoms with E-state index in [1.807, 2.05) is 22.7 Å². The predicted octanol–water partition coefficient (Wildman–Crippen LogP) is 0.225. The van der Waals surface area contributed by atoms with Crippen LogP contribution in [0.3, 0.4) is 0 Å². The molecule has 1 fully saturated rings. The number of imidazole rings is 1. The highest BCUT2D eigenvalue weighted by Crippen LogP contribution is 2.08. The molecule has 5 heteroatoms. The lowest BCUT2D eigenvalue weighted by Crippen LogP contribution is -2.30. The first-order chi connectivity index (χ1) is 7.79. The molecule has 0 aromatic carbocycles. The van der Waals surface area contributed by atoms with Crippen LogP contribution in [-0.2, 0) is 17.9 Å². The Morgan fingerprint density at radius 1 is 1.50 bits per heavy atom. The van der Waals surface area contributed by atoms with Gasteiger partial charge in [0, 0.05) is 25.8 Å². The molecule has 0 unspecified atom stereocenters. The fourth-order valence-electron chi connectivity index (χ4n) is 1.99. The van der Waals surface area contributed by atoms with Gasteiger partial charge in [0.2, 0.25) is 5.91 Å². The summed E-state index contributed by atoms with van der Waals surface area (Å²) in [6.07, 6.45) is 5.92. The Bertz CT molecular complexity index is 355. The number of hydrogen-bond donors (Lipinski definition) is 1. The zero-order valence-electron chi connectivity index (χ0n) is 9.65. The van der Waals surface area contributed by atoms with Crippen molar-refractivity contribution in [3.8, 4) is 0 Å². The van der Waals surface area contributed by atoms with Gasteiger partial charge in [-0.25, -0.2) is 4.98 Å². The van der Waals surface area contributed by atoms with E-state index < -0.39 is 0 Å². The highest BCUT2D eigenvalue weighted by atomic mass is 16.2. The third-order valence-corrected chi connectivity index (χ3v) is 2.82. The largest absolute Gasteiger partial charge is 0.341 e. The van der Waals surface area contributed by atoms with Crippen molar-refractivity contribution in [1.29, 1.82) is 0 Å². The third-order valence-electron chi connectivity index (χ3n) is 2.82. The molecule has 2 heterocycles. The van der Waals surface area contributed by atoms with Gasteiger partial charge in [-0.05, 0) is 19.9 Å². The van der Waals surface area contributed by atoms with E-state index >= 15 is 0 Å². The molecular weight excluding hydrogens is 204 g/mol. The van der Waals surface area contributed by atoms with E-state index in [1.165, 1.54) is 0 Å². The van der Waals surface area contributed by atoms with Gasteiger partial charge in [-0.3, -0.25) is 4.79 Å². The van der Waals surface area contributed by atoms with Gasteiger partial charge in [-0.2, -0.15) is 0 Å². The van der Waals surface area contributed by atoms with E-state index in [2.05, 4.69) is 10.3 Å². The summed E-state index contributed by atoms with van der Waals surface area (Å²) in [5, 5.41) is 3.03. The van der Waals surface area contributed by atoms with Crippen molar-refractivity contribution in [3.05, 3.63) is 18.2 Å². The smallest absolute Gasteiger partial charge is 0.242 e. The fraction of sp³-hybridized carbons (Fsp3) is 0.636. The minimum Gasteiger partial charge on any atom is -0.341 e. The number of amides is 1. The zero-order valence-corrected chi connectivity index (χ0v) is 9.65. The van der Waals surface area contributed by atoms with Crippen LogP contribution in [0.4, 0.5) is 0 Å². The summed E-state index contributed by atoms with van der Waals surface area (Å²) in [7, 11) is 1.88. The molecule has 88 valence electrons. The summed E-state index contributed by atoms with van der Waals surface area (Å²) in [6.45, 7) is 2.98. The Kier molecular flexibility index (Phi) is 3.56. The van der Waals surface area contributed by atoms with Crippen molar-refractivity contribution in [2.45, 2.75) is 25.9 Å². The maximum absolute atomic E-state index is 11.8. The van der Waals surface area contributed by atoms with Gasteiger partial charge < -0.3 is 14.8 Å². The summed E-state index contributed by atoms with van der Waals surface area (Å²) in [5.74, 6) is 0.200. The SMILES string of the molecule is CNCc1cn(CC(=O)N2CCCC2)cn1. The van der Waals surface area contributed by atoms with Crippen LogP contribution in [0.5, 0.6) is 0 Å². The average molecular weight is 222 g/mol. The number of hydrogen-bond acceptors (Lipinski definition) is 3. The molecule has 0 aliphatic carbocycles. The number of rotatable bonds is 4. The van der Waals surface area contributed by atoms with E-state index in [1.54, 1.807) is 6.33 Å². The maximum Gasteiger partial charge on any atom is 0.242 e. The van der Waals surface area contributed by atoms with Crippen LogP contribution in [0.25, 0.3) is 0 Å². The quantitative estimate of drug-likeness (QED) is 0.793. The minimum absolute atomic E-state index is 0.200. The number of aromatic nitrogens is 2. The first kappa shape index (κ1) is 11.1. The van der Waals surface area contributed by atoms with E-state index in [4.69, 9.17) is 0 Å². The Morgan fingerprint density at radius 3 is 2.94 bits per heavy atom. The summed E-state index contributed by atoms with van der Waals surface area (Å²) >= 11 is 0. The predicted molar refractivity (Wildman–Crippen MR) is 60.8 cm³/mol. The van der Waals surface area contributed by atoms with Crippen molar-refractivity contribution in [2.24, 2.45) is 0 Å². The van der Waals surface area contributed by atoms with Crippen LogP contribution in [0.2, 0.25) is 0 Å². The number of carbonyl (C=O) groups is 1. The maximum atomic E-state index is 11.8. The van der Waals surface area contributed by atoms with E-state index in [0.29, 0.717) is 6.54 Å². The van der Waals surface area contributed by atoms with Crippen LogP contribution in [0.1, 0.15) is 18.5 Å². The lowest BCUT2D eigenvalue weighted by molar-refractivity contribution is -0.130. The molecule has 0 saturated carbocycles. The number of nitrogens with zero attached hydrogens (tertiary/aromatic N) is 3. The summed E-state index contributed by atoms with van der Waals surface area (Å²) in [6, 6.07) is 0. The van der Waals surface area contributed by atoms with Gasteiger partial charge in [0.25, 0.3) is 0 Å². The van der Waals surface area contributed by atoms with Gasteiger partial charge >= 0.3 is 0 Å². The molecule has 1 aliphatic heterocycles. The van der Waals surface area contributed by atoms with E-state index in [0.717, 1.165) is 38.2 Å². The molecule has 1 saturated heterocycles. The normalized spacial score (nSPS) is 15.7. The second kappa shape index (κ2) is 5.12. The summed E-state index contributed by atoms with van der Waals surface area (Å²) in [5.41, 5.74) is 0.969. The van der Waals surface area contributed by atoms with Crippen molar-refractivity contribution in [1.82, 2.24) is 19.8 Å². The second-order valence-electron chi connectivity index (χ2n) is 4.16. The molecule has 1 aliphatic rings. The lowest BCUT2D eigenvalue weighted by Gasteiger charge is -2.14. The summed E-state index contributed by atoms with van der Waals surface area (Å²) in [4.78, 5) is 18.0. The molecule has 1 amide bonds. The Morgan fingerprint density at radius 2 is 2.25 bits per heavy atom. The second-order valence-corrected chi connectivity index (χ2v) is 4.16. The molecule has 0 spiro atoms. The Hall–Kier alpha value is -1.36. The van der Waals surface area contributed by atoms with Gasteiger partial charge in [-0.15, -0.1) is 0 Å². The van der Waals surface area contributed by atoms with Crippen molar-refractivity contribution < 1.29 is 4.79 Å². The molecule has 5 nitrogen and oxygen atoms in total. The molecule has 0 radical (unpaired) electrons. The van der Waals surface area contributed by atoms with Crippen LogP contribution in [0, 0.1) is 0 Å². The molecule has 2 rings (SSSR count). The third kappa shape index (κ3) is 2.61. The van der Waals surface area contributed by atoms with Crippen LogP contribution in [-0.4, -0.2) is 40.5 Å². The molecule has 0 atom stereocenters. The Labute approximate surface area is 95.5 Å². The van der Waals surface area contributed by atoms with Gasteiger partial charge in [0.05, 0.1) is 12.0 Å². The number of likely N-dealkylation sites (tertiary alicyclic amines) is 1. The van der Waals surface area contributed by atoms with Gasteiger partial charge in [0.1, 0.15) is 6.54 Å². The van der Waals surface area contributed by atoms with E-state index in [9.17, 15) is 4.79 Å². The van der Waals surface area contributed by atoms with Crippen molar-refractivity contribution in [3.63, 3.8) is 0 Å². The lowest BCUT2D eigenvalue weighted by atomic mass is 10.4. The topological polar surface area (TPSA) is 50.2 Å². The standard InChI is InChI=1S/C11H18N4O/c1-12-6-10-7-14(9-13-10)8-11(16)15-4-2-3-5-15/h7,9,12H,2-6,8H2,1H3. The first-order valence-corrected chi connectivity index (χ1v) is 5.72. The van der Waals surface area contributed by atoms with Crippen molar-refractivity contribution in [2.75, 3.05) is 20.1 Å². The summed E-state index contributed by atoms with van der Waals surface area (Å²) < 4.78 is 1.85. The molecule has 1 N–H and O–H groups in total. The average Bonchev–Trinajstić information content (AvgIpc) is 2.89. The Balaban J connectivity index is 1.89. The van der Waals surface area contributed by atoms with Crippen LogP contribution >= 0.6 is 0 Å². The number of nitrogens with one attached hydrogen (secondary N) is 1. The molecule has 0 bridgehead atoms. The van der Waals surface area contributed by atoms with Crippen LogP contribution < -0.4 is 5.32 Å². The molecule has 1 aromatic heterocycles. The van der Waals surface area contributed by atoms with Gasteiger partial charge in [-0.1, -0.05) is 0 Å². The van der Waals surface area contributed by atoms with Crippen LogP contribution in [0.15, 0.2) is 12.5 Å². The highest BCUT2D eigenvalue weighted by molar-refractivity contribution is 5.76. The molecular formula is C11H18N4O. The first-order valence-electron chi connectivity index (χ1n) is 5.72. The highest BCUT2D eigenvalue weighted by Gasteiger charge is 2.17. The zero-order chi connectivity index (χ0) is 11.4. The minimum atomic E-state index is 0.200. The molecule has 1 aromatic rings.